The molecule has 13 heavy (non-hydrogen) atoms. The summed E-state index contributed by atoms with van der Waals surface area (Å²) in [4.78, 5) is 0.451. The largest absolute Gasteiger partial charge is 0.399 e. The molecule has 1 atom stereocenters. The molecule has 0 saturated heterocycles. The first-order valence-corrected chi connectivity index (χ1v) is 5.18. The van der Waals surface area contributed by atoms with E-state index in [9.17, 15) is 8.60 Å². The molecule has 0 aromatic heterocycles. The summed E-state index contributed by atoms with van der Waals surface area (Å²) in [6.45, 7) is 3.63. The molecular weight excluding hydrogens is 189 g/mol. The van der Waals surface area contributed by atoms with Crippen molar-refractivity contribution in [2.24, 2.45) is 0 Å². The Labute approximate surface area is 79.4 Å². The molecule has 0 amide bonds. The van der Waals surface area contributed by atoms with Crippen LogP contribution in [0, 0.1) is 5.82 Å². The summed E-state index contributed by atoms with van der Waals surface area (Å²) in [5.41, 5.74) is 5.73. The van der Waals surface area contributed by atoms with Gasteiger partial charge in [0.25, 0.3) is 0 Å². The van der Waals surface area contributed by atoms with Gasteiger partial charge in [-0.2, -0.15) is 0 Å². The first-order chi connectivity index (χ1) is 6.00. The summed E-state index contributed by atoms with van der Waals surface area (Å²) in [5, 5.41) is -0.0267. The normalized spacial score (nSPS) is 13.2. The Morgan fingerprint density at radius 2 is 2.00 bits per heavy atom. The number of halogens is 1. The van der Waals surface area contributed by atoms with Crippen LogP contribution in [0.3, 0.4) is 0 Å². The van der Waals surface area contributed by atoms with Crippen molar-refractivity contribution in [1.82, 2.24) is 0 Å². The Morgan fingerprint density at radius 1 is 1.38 bits per heavy atom. The van der Waals surface area contributed by atoms with Gasteiger partial charge in [-0.05, 0) is 18.2 Å². The third-order valence-electron chi connectivity index (χ3n) is 1.55. The van der Waals surface area contributed by atoms with E-state index in [4.69, 9.17) is 5.73 Å². The molecule has 0 aliphatic carbocycles. The minimum Gasteiger partial charge on any atom is -0.399 e. The minimum absolute atomic E-state index is 0.0267. The van der Waals surface area contributed by atoms with Gasteiger partial charge in [0.2, 0.25) is 0 Å². The molecule has 1 rings (SSSR count). The molecule has 1 aromatic rings. The van der Waals surface area contributed by atoms with E-state index in [2.05, 4.69) is 0 Å². The maximum atomic E-state index is 12.8. The third-order valence-corrected chi connectivity index (χ3v) is 3.11. The first kappa shape index (κ1) is 10.2. The minimum atomic E-state index is -1.18. The highest BCUT2D eigenvalue weighted by atomic mass is 32.2. The molecule has 4 heteroatoms. The summed E-state index contributed by atoms with van der Waals surface area (Å²) < 4.78 is 24.4. The van der Waals surface area contributed by atoms with Crippen molar-refractivity contribution < 1.29 is 8.60 Å². The fourth-order valence-corrected chi connectivity index (χ4v) is 2.00. The van der Waals surface area contributed by atoms with Gasteiger partial charge < -0.3 is 5.73 Å². The van der Waals surface area contributed by atoms with E-state index in [1.165, 1.54) is 12.1 Å². The molecule has 0 aliphatic rings. The zero-order valence-electron chi connectivity index (χ0n) is 7.58. The van der Waals surface area contributed by atoms with E-state index in [1.807, 2.05) is 13.8 Å². The van der Waals surface area contributed by atoms with Gasteiger partial charge >= 0.3 is 0 Å². The van der Waals surface area contributed by atoms with Gasteiger partial charge in [0.05, 0.1) is 10.8 Å². The molecule has 2 N–H and O–H groups in total. The zero-order chi connectivity index (χ0) is 10.0. The van der Waals surface area contributed by atoms with E-state index in [0.717, 1.165) is 0 Å². The second-order valence-corrected chi connectivity index (χ2v) is 5.08. The number of benzene rings is 1. The van der Waals surface area contributed by atoms with Gasteiger partial charge in [-0.1, -0.05) is 13.8 Å². The maximum absolute atomic E-state index is 12.8. The van der Waals surface area contributed by atoms with Crippen molar-refractivity contribution in [2.75, 3.05) is 5.73 Å². The van der Waals surface area contributed by atoms with Gasteiger partial charge in [0, 0.05) is 15.8 Å². The average molecular weight is 201 g/mol. The van der Waals surface area contributed by atoms with E-state index in [0.29, 0.717) is 10.6 Å². The Bertz CT molecular complexity index is 318. The predicted octanol–water partition coefficient (Wildman–Crippen LogP) is 1.92. The lowest BCUT2D eigenvalue weighted by Crippen LogP contribution is -2.06. The number of anilines is 1. The molecule has 72 valence electrons. The molecule has 0 aliphatic heterocycles. The van der Waals surface area contributed by atoms with Crippen LogP contribution in [0.4, 0.5) is 10.1 Å². The summed E-state index contributed by atoms with van der Waals surface area (Å²) in [5.74, 6) is -0.441. The fraction of sp³-hybridized carbons (Fsp3) is 0.333. The lowest BCUT2D eigenvalue weighted by molar-refractivity contribution is 0.623. The van der Waals surface area contributed by atoms with Gasteiger partial charge in [0.1, 0.15) is 5.82 Å². The Hall–Kier alpha value is -0.900. The lowest BCUT2D eigenvalue weighted by Gasteiger charge is -2.06. The SMILES string of the molecule is CC(C)S(=O)c1cc(N)cc(F)c1. The maximum Gasteiger partial charge on any atom is 0.126 e. The molecule has 0 saturated carbocycles. The summed E-state index contributed by atoms with van der Waals surface area (Å²) in [7, 11) is -1.18. The van der Waals surface area contributed by atoms with Crippen LogP contribution in [0.15, 0.2) is 23.1 Å². The number of nitrogens with two attached hydrogens (primary N) is 1. The van der Waals surface area contributed by atoms with Gasteiger partial charge in [-0.15, -0.1) is 0 Å². The molecule has 1 aromatic carbocycles. The second kappa shape index (κ2) is 3.87. The quantitative estimate of drug-likeness (QED) is 0.743. The number of nitrogen functional groups attached to an aromatic ring is 1. The van der Waals surface area contributed by atoms with Crippen LogP contribution in [-0.4, -0.2) is 9.46 Å². The topological polar surface area (TPSA) is 43.1 Å². The number of rotatable bonds is 2. The van der Waals surface area contributed by atoms with Crippen molar-refractivity contribution in [3.63, 3.8) is 0 Å². The molecule has 2 nitrogen and oxygen atoms in total. The molecule has 0 radical (unpaired) electrons. The van der Waals surface area contributed by atoms with E-state index < -0.39 is 16.6 Å². The Morgan fingerprint density at radius 3 is 2.46 bits per heavy atom. The van der Waals surface area contributed by atoms with Crippen LogP contribution in [0.25, 0.3) is 0 Å². The number of hydrogen-bond acceptors (Lipinski definition) is 2. The van der Waals surface area contributed by atoms with Crippen molar-refractivity contribution in [3.8, 4) is 0 Å². The van der Waals surface area contributed by atoms with Crippen molar-refractivity contribution in [1.29, 1.82) is 0 Å². The van der Waals surface area contributed by atoms with Crippen LogP contribution in [-0.2, 0) is 10.8 Å². The summed E-state index contributed by atoms with van der Waals surface area (Å²) in [6, 6.07) is 4.01. The Kier molecular flexibility index (Phi) is 3.03. The van der Waals surface area contributed by atoms with E-state index >= 15 is 0 Å². The molecule has 0 heterocycles. The Balaban J connectivity index is 3.08. The van der Waals surface area contributed by atoms with E-state index in [1.54, 1.807) is 6.07 Å². The van der Waals surface area contributed by atoms with Crippen LogP contribution in [0.5, 0.6) is 0 Å². The van der Waals surface area contributed by atoms with Gasteiger partial charge in [-0.3, -0.25) is 4.21 Å². The summed E-state index contributed by atoms with van der Waals surface area (Å²) in [6.07, 6.45) is 0. The molecular formula is C9H12FNOS. The van der Waals surface area contributed by atoms with Crippen LogP contribution in [0.1, 0.15) is 13.8 Å². The lowest BCUT2D eigenvalue weighted by atomic mass is 10.3. The monoisotopic (exact) mass is 201 g/mol. The van der Waals surface area contributed by atoms with Crippen LogP contribution >= 0.6 is 0 Å². The standard InChI is InChI=1S/C9H12FNOS/c1-6(2)13(12)9-4-7(10)3-8(11)5-9/h3-6H,11H2,1-2H3. The van der Waals surface area contributed by atoms with Gasteiger partial charge in [-0.25, -0.2) is 4.39 Å². The predicted molar refractivity (Wildman–Crippen MR) is 52.4 cm³/mol. The van der Waals surface area contributed by atoms with Crippen molar-refractivity contribution >= 4 is 16.5 Å². The van der Waals surface area contributed by atoms with Crippen molar-refractivity contribution in [3.05, 3.63) is 24.0 Å². The van der Waals surface area contributed by atoms with E-state index in [-0.39, 0.29) is 5.25 Å². The molecule has 1 unspecified atom stereocenters. The van der Waals surface area contributed by atoms with Crippen LogP contribution < -0.4 is 5.73 Å². The first-order valence-electron chi connectivity index (χ1n) is 3.97. The fourth-order valence-electron chi connectivity index (χ4n) is 0.973. The molecule has 0 fully saturated rings. The smallest absolute Gasteiger partial charge is 0.126 e. The average Bonchev–Trinajstić information content (AvgIpc) is 2.01. The second-order valence-electron chi connectivity index (χ2n) is 3.07. The highest BCUT2D eigenvalue weighted by molar-refractivity contribution is 7.85. The van der Waals surface area contributed by atoms with Gasteiger partial charge in [0.15, 0.2) is 0 Å². The van der Waals surface area contributed by atoms with Crippen LogP contribution in [0.2, 0.25) is 0 Å². The summed E-state index contributed by atoms with van der Waals surface area (Å²) >= 11 is 0. The highest BCUT2D eigenvalue weighted by Gasteiger charge is 2.09. The number of hydrogen-bond donors (Lipinski definition) is 1. The zero-order valence-corrected chi connectivity index (χ0v) is 8.40. The molecule has 0 bridgehead atoms. The highest BCUT2D eigenvalue weighted by Crippen LogP contribution is 2.16. The third kappa shape index (κ3) is 2.52. The van der Waals surface area contributed by atoms with Crippen molar-refractivity contribution in [2.45, 2.75) is 24.0 Å². The molecule has 0 spiro atoms.